The quantitative estimate of drug-likeness (QED) is 0.671. The summed E-state index contributed by atoms with van der Waals surface area (Å²) < 4.78 is 0. The fourth-order valence-corrected chi connectivity index (χ4v) is 2.99. The highest BCUT2D eigenvalue weighted by molar-refractivity contribution is 4.84. The van der Waals surface area contributed by atoms with Crippen molar-refractivity contribution in [1.29, 1.82) is 0 Å². The SMILES string of the molecule is CCCCC(NCCC)C1CCCC1C. The van der Waals surface area contributed by atoms with Gasteiger partial charge < -0.3 is 5.32 Å². The number of nitrogens with one attached hydrogen (secondary N) is 1. The molecule has 3 atom stereocenters. The van der Waals surface area contributed by atoms with Crippen molar-refractivity contribution in [3.63, 3.8) is 0 Å². The van der Waals surface area contributed by atoms with Crippen LogP contribution in [-0.4, -0.2) is 12.6 Å². The Morgan fingerprint density at radius 2 is 2.00 bits per heavy atom. The summed E-state index contributed by atoms with van der Waals surface area (Å²) >= 11 is 0. The third kappa shape index (κ3) is 4.14. The monoisotopic (exact) mass is 211 g/mol. The first-order chi connectivity index (χ1) is 7.29. The normalized spacial score (nSPS) is 28.2. The first-order valence-electron chi connectivity index (χ1n) is 7.03. The van der Waals surface area contributed by atoms with E-state index < -0.39 is 0 Å². The van der Waals surface area contributed by atoms with E-state index in [0.717, 1.165) is 17.9 Å². The van der Waals surface area contributed by atoms with Crippen LogP contribution in [0.4, 0.5) is 0 Å². The van der Waals surface area contributed by atoms with Crippen molar-refractivity contribution >= 4 is 0 Å². The van der Waals surface area contributed by atoms with Gasteiger partial charge in [0.25, 0.3) is 0 Å². The highest BCUT2D eigenvalue weighted by Crippen LogP contribution is 2.35. The summed E-state index contributed by atoms with van der Waals surface area (Å²) in [6.45, 7) is 8.22. The molecule has 15 heavy (non-hydrogen) atoms. The van der Waals surface area contributed by atoms with Gasteiger partial charge in [-0.3, -0.25) is 0 Å². The Morgan fingerprint density at radius 3 is 2.53 bits per heavy atom. The van der Waals surface area contributed by atoms with E-state index in [1.165, 1.54) is 51.5 Å². The molecule has 1 aliphatic rings. The van der Waals surface area contributed by atoms with Crippen molar-refractivity contribution in [2.45, 2.75) is 71.8 Å². The smallest absolute Gasteiger partial charge is 0.00978 e. The average molecular weight is 211 g/mol. The number of hydrogen-bond acceptors (Lipinski definition) is 1. The zero-order valence-corrected chi connectivity index (χ0v) is 10.9. The van der Waals surface area contributed by atoms with Crippen molar-refractivity contribution in [2.75, 3.05) is 6.54 Å². The van der Waals surface area contributed by atoms with Gasteiger partial charge in [0.2, 0.25) is 0 Å². The van der Waals surface area contributed by atoms with Gasteiger partial charge >= 0.3 is 0 Å². The standard InChI is InChI=1S/C14H29N/c1-4-6-10-14(15-11-5-2)13-9-7-8-12(13)3/h12-15H,4-11H2,1-3H3. The summed E-state index contributed by atoms with van der Waals surface area (Å²) in [5.41, 5.74) is 0. The minimum absolute atomic E-state index is 0.808. The lowest BCUT2D eigenvalue weighted by molar-refractivity contribution is 0.279. The predicted molar refractivity (Wildman–Crippen MR) is 68.1 cm³/mol. The molecule has 0 radical (unpaired) electrons. The molecule has 1 aliphatic carbocycles. The Hall–Kier alpha value is -0.0400. The third-order valence-corrected chi connectivity index (χ3v) is 3.97. The molecule has 1 heteroatoms. The van der Waals surface area contributed by atoms with Gasteiger partial charge in [0, 0.05) is 6.04 Å². The molecule has 1 rings (SSSR count). The molecule has 3 unspecified atom stereocenters. The molecule has 0 bridgehead atoms. The molecule has 0 saturated heterocycles. The predicted octanol–water partition coefficient (Wildman–Crippen LogP) is 3.98. The number of unbranched alkanes of at least 4 members (excludes halogenated alkanes) is 1. The van der Waals surface area contributed by atoms with Crippen LogP contribution < -0.4 is 5.32 Å². The van der Waals surface area contributed by atoms with Crippen LogP contribution in [0.15, 0.2) is 0 Å². The molecule has 0 spiro atoms. The second kappa shape index (κ2) is 7.27. The maximum atomic E-state index is 3.78. The van der Waals surface area contributed by atoms with Crippen LogP contribution in [0.25, 0.3) is 0 Å². The van der Waals surface area contributed by atoms with E-state index in [1.54, 1.807) is 0 Å². The lowest BCUT2D eigenvalue weighted by atomic mass is 9.87. The van der Waals surface area contributed by atoms with Gasteiger partial charge in [-0.1, -0.05) is 46.5 Å². The summed E-state index contributed by atoms with van der Waals surface area (Å²) in [5.74, 6) is 1.92. The summed E-state index contributed by atoms with van der Waals surface area (Å²) in [6.07, 6.45) is 9.78. The minimum Gasteiger partial charge on any atom is -0.314 e. The van der Waals surface area contributed by atoms with E-state index >= 15 is 0 Å². The van der Waals surface area contributed by atoms with Gasteiger partial charge in [-0.05, 0) is 37.6 Å². The fourth-order valence-electron chi connectivity index (χ4n) is 2.99. The second-order valence-electron chi connectivity index (χ2n) is 5.27. The summed E-state index contributed by atoms with van der Waals surface area (Å²) in [4.78, 5) is 0. The maximum Gasteiger partial charge on any atom is 0.00978 e. The van der Waals surface area contributed by atoms with E-state index in [-0.39, 0.29) is 0 Å². The van der Waals surface area contributed by atoms with Crippen LogP contribution in [-0.2, 0) is 0 Å². The van der Waals surface area contributed by atoms with Gasteiger partial charge in [0.1, 0.15) is 0 Å². The van der Waals surface area contributed by atoms with Crippen LogP contribution in [0.3, 0.4) is 0 Å². The first-order valence-corrected chi connectivity index (χ1v) is 7.03. The summed E-state index contributed by atoms with van der Waals surface area (Å²) in [5, 5.41) is 3.78. The van der Waals surface area contributed by atoms with Crippen molar-refractivity contribution in [1.82, 2.24) is 5.32 Å². The third-order valence-electron chi connectivity index (χ3n) is 3.97. The zero-order chi connectivity index (χ0) is 11.1. The van der Waals surface area contributed by atoms with Crippen LogP contribution in [0.5, 0.6) is 0 Å². The Balaban J connectivity index is 2.38. The van der Waals surface area contributed by atoms with Crippen molar-refractivity contribution in [2.24, 2.45) is 11.8 Å². The number of rotatable bonds is 7. The second-order valence-corrected chi connectivity index (χ2v) is 5.27. The number of hydrogen-bond donors (Lipinski definition) is 1. The van der Waals surface area contributed by atoms with E-state index in [9.17, 15) is 0 Å². The van der Waals surface area contributed by atoms with Gasteiger partial charge in [-0.25, -0.2) is 0 Å². The Labute approximate surface area is 96.0 Å². The Bertz CT molecular complexity index is 147. The highest BCUT2D eigenvalue weighted by atomic mass is 14.9. The van der Waals surface area contributed by atoms with Gasteiger partial charge in [-0.2, -0.15) is 0 Å². The van der Waals surface area contributed by atoms with Crippen molar-refractivity contribution < 1.29 is 0 Å². The molecule has 0 aromatic heterocycles. The van der Waals surface area contributed by atoms with E-state index in [0.29, 0.717) is 0 Å². The van der Waals surface area contributed by atoms with Gasteiger partial charge in [0.15, 0.2) is 0 Å². The summed E-state index contributed by atoms with van der Waals surface area (Å²) in [6, 6.07) is 0.808. The van der Waals surface area contributed by atoms with Gasteiger partial charge in [-0.15, -0.1) is 0 Å². The molecule has 1 N–H and O–H groups in total. The van der Waals surface area contributed by atoms with Gasteiger partial charge in [0.05, 0.1) is 0 Å². The Morgan fingerprint density at radius 1 is 1.20 bits per heavy atom. The highest BCUT2D eigenvalue weighted by Gasteiger charge is 2.29. The molecule has 0 aliphatic heterocycles. The molecular formula is C14H29N. The fraction of sp³-hybridized carbons (Fsp3) is 1.00. The molecule has 0 aromatic rings. The van der Waals surface area contributed by atoms with E-state index in [1.807, 2.05) is 0 Å². The molecule has 90 valence electrons. The molecular weight excluding hydrogens is 182 g/mol. The van der Waals surface area contributed by atoms with Crippen LogP contribution >= 0.6 is 0 Å². The molecule has 0 amide bonds. The van der Waals surface area contributed by atoms with Crippen LogP contribution in [0.1, 0.15) is 65.7 Å². The van der Waals surface area contributed by atoms with Crippen molar-refractivity contribution in [3.8, 4) is 0 Å². The minimum atomic E-state index is 0.808. The van der Waals surface area contributed by atoms with E-state index in [4.69, 9.17) is 0 Å². The largest absolute Gasteiger partial charge is 0.314 e. The van der Waals surface area contributed by atoms with E-state index in [2.05, 4.69) is 26.1 Å². The first kappa shape index (κ1) is 13.0. The molecule has 0 heterocycles. The molecule has 1 saturated carbocycles. The Kier molecular flexibility index (Phi) is 6.31. The zero-order valence-electron chi connectivity index (χ0n) is 10.9. The summed E-state index contributed by atoms with van der Waals surface area (Å²) in [7, 11) is 0. The molecule has 1 fully saturated rings. The lowest BCUT2D eigenvalue weighted by Gasteiger charge is -2.28. The van der Waals surface area contributed by atoms with Crippen LogP contribution in [0.2, 0.25) is 0 Å². The lowest BCUT2D eigenvalue weighted by Crippen LogP contribution is -2.37. The maximum absolute atomic E-state index is 3.78. The molecule has 1 nitrogen and oxygen atoms in total. The molecule has 0 aromatic carbocycles. The average Bonchev–Trinajstić information content (AvgIpc) is 2.65. The van der Waals surface area contributed by atoms with Crippen molar-refractivity contribution in [3.05, 3.63) is 0 Å². The van der Waals surface area contributed by atoms with Crippen LogP contribution in [0, 0.1) is 11.8 Å². The topological polar surface area (TPSA) is 12.0 Å².